The number of phenols is 3. The number of H-pyrrole nitrogens is 2. The second-order valence-electron chi connectivity index (χ2n) is 34.8. The molecule has 45 heteroatoms. The number of primary amides is 1. The number of nitrogens with two attached hydrogens (primary N) is 3. The van der Waals surface area contributed by atoms with E-state index in [1.54, 1.807) is 44.3 Å². The smallest absolute Gasteiger partial charge is 0.306 e. The normalized spacial score (nSPS) is 20.3. The highest BCUT2D eigenvalue weighted by atomic mass is 16.7. The number of ketones is 3. The molecule has 12 amide bonds. The molecular formula is C91H117N19O26. The highest BCUT2D eigenvalue weighted by Crippen LogP contribution is 2.53. The van der Waals surface area contributed by atoms with Crippen LogP contribution in [0.1, 0.15) is 183 Å². The number of carbonyl (C=O) groups is 16. The molecule has 0 radical (unpaired) electrons. The van der Waals surface area contributed by atoms with Crippen molar-refractivity contribution in [1.29, 1.82) is 5.41 Å². The van der Waals surface area contributed by atoms with Crippen LogP contribution in [0.25, 0.3) is 10.9 Å². The van der Waals surface area contributed by atoms with Crippen molar-refractivity contribution in [2.45, 2.75) is 233 Å². The molecule has 6 aromatic rings. The van der Waals surface area contributed by atoms with Gasteiger partial charge in [-0.25, -0.2) is 4.98 Å². The highest BCUT2D eigenvalue weighted by Gasteiger charge is 2.52. The summed E-state index contributed by atoms with van der Waals surface area (Å²) in [7, 11) is 1.26. The van der Waals surface area contributed by atoms with E-state index in [0.29, 0.717) is 34.1 Å². The van der Waals surface area contributed by atoms with Crippen LogP contribution in [0.5, 0.6) is 23.0 Å². The summed E-state index contributed by atoms with van der Waals surface area (Å²) in [5.41, 5.74) is 14.0. The fraction of sp³-hybridized carbons (Fsp3) is 0.495. The monoisotopic (exact) mass is 1890 g/mol. The van der Waals surface area contributed by atoms with Crippen LogP contribution in [0.15, 0.2) is 85.5 Å². The number of aromatic amines is 2. The van der Waals surface area contributed by atoms with E-state index in [1.807, 2.05) is 0 Å². The van der Waals surface area contributed by atoms with Crippen LogP contribution in [-0.2, 0) is 107 Å². The number of methoxy groups -OCH3 is 1. The minimum Gasteiger partial charge on any atom is -0.508 e. The van der Waals surface area contributed by atoms with Crippen LogP contribution in [0, 0.1) is 11.3 Å². The first-order valence-electron chi connectivity index (χ1n) is 44.9. The third kappa shape index (κ3) is 26.1. The zero-order chi connectivity index (χ0) is 98.5. The number of benzene rings is 4. The summed E-state index contributed by atoms with van der Waals surface area (Å²) >= 11 is 0. The molecule has 45 nitrogen and oxygen atoms in total. The Morgan fingerprint density at radius 2 is 1.33 bits per heavy atom. The van der Waals surface area contributed by atoms with Crippen LogP contribution in [-0.4, -0.2) is 282 Å². The van der Waals surface area contributed by atoms with Gasteiger partial charge in [0.2, 0.25) is 82.5 Å². The average molecular weight is 1890 g/mol. The van der Waals surface area contributed by atoms with Crippen molar-refractivity contribution < 1.29 is 126 Å². The molecule has 136 heavy (non-hydrogen) atoms. The molecule has 26 N–H and O–H groups in total. The molecule has 0 spiro atoms. The van der Waals surface area contributed by atoms with Gasteiger partial charge in [-0.15, -0.1) is 0 Å². The van der Waals surface area contributed by atoms with Gasteiger partial charge in [-0.1, -0.05) is 56.3 Å². The highest BCUT2D eigenvalue weighted by molar-refractivity contribution is 6.31. The van der Waals surface area contributed by atoms with Crippen molar-refractivity contribution >= 4 is 111 Å². The van der Waals surface area contributed by atoms with Crippen LogP contribution in [0.2, 0.25) is 0 Å². The SMILES string of the molecule is COc1cccc2c1C(=O)c1c(O)c3c(c(O)c1C2=O)C[C@@](O)(C(=O)COC(=O)CCCC(=O)NCCCC[C@@H](NC(=O)[C@H](Cc1ccc(O)cc1)NC(=O)[C@H](CO)NC(=O)[C@H](Cc1c[nH]c2ccccc12)NC(=O)[C@H](Cc1c[nH]cn1)NC(=O)[C@@H]1CCC(=O)N1)C(=O)N[C@@H](CCCNC(=N)N)C(=O)N[C@@H](CC(C)C)C(=O)N1CCC[C@H]1C(=O)NCC(N)=O)C[C@@H]3O[C@H]1C[C@H](N)[C@H](O)[C@H](C)O1. The van der Waals surface area contributed by atoms with Crippen LogP contribution in [0.4, 0.5) is 0 Å². The van der Waals surface area contributed by atoms with Gasteiger partial charge in [-0.2, -0.15) is 0 Å². The van der Waals surface area contributed by atoms with E-state index in [2.05, 4.69) is 73.4 Å². The Kier molecular flexibility index (Phi) is 35.2. The number of phenolic OH excluding ortho intramolecular Hbond substituents is 3. The van der Waals surface area contributed by atoms with Crippen LogP contribution < -0.4 is 80.4 Å². The minimum atomic E-state index is -2.58. The molecule has 0 unspecified atom stereocenters. The minimum absolute atomic E-state index is 0.0126. The van der Waals surface area contributed by atoms with E-state index in [9.17, 15) is 97.8 Å². The first-order chi connectivity index (χ1) is 64.8. The summed E-state index contributed by atoms with van der Waals surface area (Å²) in [6.45, 7) is 2.28. The van der Waals surface area contributed by atoms with Crippen LogP contribution >= 0.6 is 0 Å². The van der Waals surface area contributed by atoms with Crippen molar-refractivity contribution in [1.82, 2.24) is 78.3 Å². The second-order valence-corrected chi connectivity index (χ2v) is 34.8. The number of hydrogen-bond donors (Lipinski definition) is 23. The largest absolute Gasteiger partial charge is 0.508 e. The van der Waals surface area contributed by atoms with Gasteiger partial charge in [0.05, 0.1) is 67.3 Å². The number of guanidine groups is 1. The summed E-state index contributed by atoms with van der Waals surface area (Å²) in [6, 6.07) is 2.41. The summed E-state index contributed by atoms with van der Waals surface area (Å²) in [5.74, 6) is -16.6. The molecule has 0 bridgehead atoms. The molecule has 11 rings (SSSR count). The van der Waals surface area contributed by atoms with E-state index < -0.39 is 253 Å². The maximum atomic E-state index is 15.3. The Balaban J connectivity index is 0.790. The fourth-order valence-corrected chi connectivity index (χ4v) is 17.2. The first-order valence-corrected chi connectivity index (χ1v) is 44.9. The number of Topliss-reactive ketones (excluding diaryl/α,β-unsaturated/α-hetero) is 1. The lowest BCUT2D eigenvalue weighted by Crippen LogP contribution is -2.61. The number of aromatic hydroxyl groups is 3. The third-order valence-electron chi connectivity index (χ3n) is 24.4. The molecule has 3 aliphatic heterocycles. The van der Waals surface area contributed by atoms with E-state index in [1.165, 1.54) is 73.9 Å². The molecule has 2 aromatic heterocycles. The van der Waals surface area contributed by atoms with Crippen molar-refractivity contribution in [3.05, 3.63) is 136 Å². The topological polar surface area (TPSA) is 713 Å². The number of rotatable bonds is 46. The quantitative estimate of drug-likeness (QED) is 0.00603. The van der Waals surface area contributed by atoms with Gasteiger partial charge in [-0.05, 0) is 112 Å². The van der Waals surface area contributed by atoms with E-state index >= 15 is 9.59 Å². The standard InChI is InChI=1S/C91H117N19O26/c1-44(2)31-61(89(131)110-30-12-18-63(110)88(130)100-40-67(93)114)108-82(124)56(17-11-29-98-90(94)95)103-81(123)55(16-7-8-28-97-68(115)20-10-21-70(117)134-42-66(113)91(132)36-52-73(65(37-91)136-71-35-53(92)76(118)45(3)135-71)80(122)75-74(78(52)120)77(119)51-14-9-19-64(133-4)72(51)79(75)121)104-84(126)58(32-46-22-24-49(112)25-23-46)105-87(129)62(41-111)109-85(127)59(33-47-38-99-54-15-6-5-13-50(47)54)106-86(128)60(34-48-39-96-43-101-48)107-83(125)57-26-27-69(116)102-57/h5-6,9,13-15,19,22-25,38-39,43-45,53,55-63,65,71,76,99,111-112,118,120,122,132H,7-8,10-12,16-18,20-21,26-37,40-42,92H2,1-4H3,(H2,93,114)(H,96,101)(H,97,115)(H,100,130)(H,102,116)(H,103,123)(H,104,126)(H,105,129)(H,106,128)(H,107,125)(H,108,124)(H,109,127)(H4,94,95,98)/t45-,53-,55+,56-,57-,58-,59-,60-,61-,62-,63-,65-,71-,76+,91-/m0/s1. The number of likely N-dealkylation sites (tertiary alicyclic amines) is 1. The molecule has 3 fully saturated rings. The Bertz CT molecular complexity index is 5450. The molecule has 4 aromatic carbocycles. The van der Waals surface area contributed by atoms with E-state index in [-0.39, 0.29) is 155 Å². The molecule has 3 saturated heterocycles. The lowest BCUT2D eigenvalue weighted by atomic mass is 9.72. The van der Waals surface area contributed by atoms with Crippen molar-refractivity contribution in [3.63, 3.8) is 0 Å². The summed E-state index contributed by atoms with van der Waals surface area (Å²) in [4.78, 5) is 236. The number of carbonyl (C=O) groups excluding carboxylic acids is 16. The summed E-state index contributed by atoms with van der Waals surface area (Å²) < 4.78 is 22.9. The van der Waals surface area contributed by atoms with Gasteiger partial charge in [0.25, 0.3) is 0 Å². The number of fused-ring (bicyclic) bond motifs is 4. The zero-order valence-corrected chi connectivity index (χ0v) is 75.4. The van der Waals surface area contributed by atoms with Crippen molar-refractivity contribution in [2.24, 2.45) is 23.1 Å². The molecule has 5 aliphatic rings. The number of esters is 1. The van der Waals surface area contributed by atoms with Crippen molar-refractivity contribution in [3.8, 4) is 23.0 Å². The van der Waals surface area contributed by atoms with Gasteiger partial charge in [0, 0.05) is 123 Å². The first kappa shape index (κ1) is 102. The number of aromatic nitrogens is 3. The molecule has 15 atom stereocenters. The maximum absolute atomic E-state index is 15.3. The Hall–Kier alpha value is -14.0. The van der Waals surface area contributed by atoms with Gasteiger partial charge >= 0.3 is 5.97 Å². The Labute approximate surface area is 779 Å². The molecule has 732 valence electrons. The Morgan fingerprint density at radius 3 is 1.98 bits per heavy atom. The lowest BCUT2D eigenvalue weighted by molar-refractivity contribution is -0.247. The number of unbranched alkanes of at least 4 members (excludes halogenated alkanes) is 1. The van der Waals surface area contributed by atoms with E-state index in [4.69, 9.17) is 41.6 Å². The number of nitrogens with zero attached hydrogens (tertiary/aromatic N) is 2. The van der Waals surface area contributed by atoms with Crippen molar-refractivity contribution in [2.75, 3.05) is 46.5 Å². The fourth-order valence-electron chi connectivity index (χ4n) is 17.2. The molecule has 2 aliphatic carbocycles. The van der Waals surface area contributed by atoms with Gasteiger partial charge in [0.15, 0.2) is 24.6 Å². The number of amides is 12. The average Bonchev–Trinajstić information content (AvgIpc) is 0.934. The number of hydrogen-bond acceptors (Lipinski definition) is 29. The predicted octanol–water partition coefficient (Wildman–Crippen LogP) is -2.79. The summed E-state index contributed by atoms with van der Waals surface area (Å²) in [5, 5.41) is 106. The number of para-hydroxylation sites is 1. The van der Waals surface area contributed by atoms with E-state index in [0.717, 1.165) is 0 Å². The maximum Gasteiger partial charge on any atom is 0.306 e. The number of aliphatic hydroxyl groups is 3. The second kappa shape index (κ2) is 46.8. The lowest BCUT2D eigenvalue weighted by Gasteiger charge is -2.42. The molecule has 5 heterocycles. The zero-order valence-electron chi connectivity index (χ0n) is 75.4. The third-order valence-corrected chi connectivity index (χ3v) is 24.4. The molecule has 0 saturated carbocycles. The summed E-state index contributed by atoms with van der Waals surface area (Å²) in [6.07, 6.45) is -3.69. The van der Waals surface area contributed by atoms with Gasteiger partial charge in [-0.3, -0.25) is 82.1 Å². The number of imidazole rings is 1. The number of aliphatic hydroxyl groups excluding tert-OH is 2. The number of ether oxygens (including phenoxy) is 4. The van der Waals surface area contributed by atoms with Crippen LogP contribution in [0.3, 0.4) is 0 Å². The van der Waals surface area contributed by atoms with Gasteiger partial charge < -0.3 is 140 Å². The van der Waals surface area contributed by atoms with Gasteiger partial charge in [0.1, 0.15) is 83.0 Å². The predicted molar refractivity (Wildman–Crippen MR) is 480 cm³/mol. The Morgan fingerprint density at radius 1 is 0.691 bits per heavy atom. The molecular weight excluding hydrogens is 1780 g/mol. The number of nitrogens with one attached hydrogen (secondary N) is 14.